The number of fused-ring (bicyclic) bond motifs is 1. The van der Waals surface area contributed by atoms with Crippen LogP contribution in [-0.4, -0.2) is 44.2 Å². The summed E-state index contributed by atoms with van der Waals surface area (Å²) in [6, 6.07) is 4.27. The largest absolute Gasteiger partial charge is 0.297 e. The zero-order chi connectivity index (χ0) is 20.9. The Morgan fingerprint density at radius 3 is 2.81 bits per heavy atom. The molecule has 6 nitrogen and oxygen atoms in total. The molecule has 0 unspecified atom stereocenters. The highest BCUT2D eigenvalue weighted by Gasteiger charge is 2.45. The summed E-state index contributed by atoms with van der Waals surface area (Å²) in [5, 5.41) is 4.54. The second kappa shape index (κ2) is 7.52. The van der Waals surface area contributed by atoms with Gasteiger partial charge in [-0.05, 0) is 62.5 Å². The van der Waals surface area contributed by atoms with Crippen molar-refractivity contribution < 1.29 is 4.79 Å². The average Bonchev–Trinajstić information content (AvgIpc) is 3.16. The van der Waals surface area contributed by atoms with Crippen LogP contribution in [0.1, 0.15) is 60.1 Å². The van der Waals surface area contributed by atoms with Crippen molar-refractivity contribution in [3.8, 4) is 0 Å². The van der Waals surface area contributed by atoms with Gasteiger partial charge in [-0.3, -0.25) is 14.7 Å². The zero-order valence-corrected chi connectivity index (χ0v) is 18.1. The number of nitrogens with zero attached hydrogens (tertiary/aromatic N) is 5. The number of Topliss-reactive ketones (excluding diaryl/α,β-unsaturated/α-hetero) is 1. The van der Waals surface area contributed by atoms with E-state index in [1.54, 1.807) is 6.20 Å². The summed E-state index contributed by atoms with van der Waals surface area (Å²) >= 11 is 0. The molecular formula is C25H29N5O. The van der Waals surface area contributed by atoms with Crippen LogP contribution in [0.15, 0.2) is 35.6 Å². The molecule has 1 saturated heterocycles. The quantitative estimate of drug-likeness (QED) is 0.725. The van der Waals surface area contributed by atoms with E-state index in [1.807, 2.05) is 10.9 Å². The van der Waals surface area contributed by atoms with Gasteiger partial charge < -0.3 is 0 Å². The monoisotopic (exact) mass is 415 g/mol. The summed E-state index contributed by atoms with van der Waals surface area (Å²) in [4.78, 5) is 25.2. The Bertz CT molecular complexity index is 1080. The number of aliphatic imine (C=N–C) groups is 1. The van der Waals surface area contributed by atoms with Crippen LogP contribution in [0.4, 0.5) is 5.82 Å². The first-order valence-corrected chi connectivity index (χ1v) is 11.7. The molecule has 2 aromatic rings. The van der Waals surface area contributed by atoms with Crippen LogP contribution < -0.4 is 0 Å². The molecular weight excluding hydrogens is 386 g/mol. The van der Waals surface area contributed by atoms with Gasteiger partial charge in [-0.1, -0.05) is 12.1 Å². The number of pyridine rings is 1. The average molecular weight is 416 g/mol. The van der Waals surface area contributed by atoms with Crippen molar-refractivity contribution >= 4 is 23.0 Å². The molecule has 6 heteroatoms. The Balaban J connectivity index is 1.29. The third-order valence-electron chi connectivity index (χ3n) is 7.38. The van der Waals surface area contributed by atoms with Crippen molar-refractivity contribution in [3.05, 3.63) is 47.4 Å². The van der Waals surface area contributed by atoms with Crippen LogP contribution in [0, 0.1) is 24.7 Å². The molecule has 4 aliphatic rings. The maximum absolute atomic E-state index is 13.0. The number of hydrogen-bond acceptors (Lipinski definition) is 5. The number of aryl methyl sites for hydroxylation is 1. The number of rotatable bonds is 5. The lowest BCUT2D eigenvalue weighted by molar-refractivity contribution is 0.0998. The molecule has 2 atom stereocenters. The van der Waals surface area contributed by atoms with Crippen LogP contribution >= 0.6 is 0 Å². The van der Waals surface area contributed by atoms with E-state index in [4.69, 9.17) is 4.99 Å². The molecule has 0 N–H and O–H groups in total. The SMILES string of the molecule is Cc1ccc(CN2C[C@@H](C3=Nc4c(cnn4C4=CCCC4)C(=O)C3)[C@H](C3CC3)C2)nc1. The van der Waals surface area contributed by atoms with E-state index in [-0.39, 0.29) is 5.78 Å². The molecule has 2 fully saturated rings. The first kappa shape index (κ1) is 19.1. The van der Waals surface area contributed by atoms with Crippen LogP contribution in [0.3, 0.4) is 0 Å². The second-order valence-corrected chi connectivity index (χ2v) is 9.71. The normalized spacial score (nSPS) is 26.2. The van der Waals surface area contributed by atoms with Crippen LogP contribution in [-0.2, 0) is 6.54 Å². The molecule has 0 amide bonds. The molecule has 4 heterocycles. The fourth-order valence-corrected chi connectivity index (χ4v) is 5.57. The minimum Gasteiger partial charge on any atom is -0.297 e. The molecule has 0 aromatic carbocycles. The Hall–Kier alpha value is -2.60. The standard InChI is InChI=1S/C25H29N5O/c1-16-6-9-18(26-11-16)13-29-14-21(17-7-8-17)22(15-29)23-10-24(31)20-12-27-30(25(20)28-23)19-4-2-3-5-19/h4,6,9,11-12,17,21-22H,2-3,5,7-8,10,13-15H2,1H3/t21-,22+/m0/s1. The zero-order valence-electron chi connectivity index (χ0n) is 18.1. The topological polar surface area (TPSA) is 63.4 Å². The van der Waals surface area contributed by atoms with Gasteiger partial charge in [0.25, 0.3) is 0 Å². The predicted molar refractivity (Wildman–Crippen MR) is 120 cm³/mol. The van der Waals surface area contributed by atoms with E-state index < -0.39 is 0 Å². The molecule has 0 spiro atoms. The fourth-order valence-electron chi connectivity index (χ4n) is 5.57. The third kappa shape index (κ3) is 3.57. The van der Waals surface area contributed by atoms with Gasteiger partial charge in [0, 0.05) is 43.2 Å². The molecule has 2 aromatic heterocycles. The molecule has 6 rings (SSSR count). The minimum atomic E-state index is 0.179. The number of allylic oxidation sites excluding steroid dienone is 2. The van der Waals surface area contributed by atoms with Crippen molar-refractivity contribution in [2.75, 3.05) is 13.1 Å². The van der Waals surface area contributed by atoms with Gasteiger partial charge in [0.05, 0.1) is 23.9 Å². The second-order valence-electron chi connectivity index (χ2n) is 9.71. The number of hydrogen-bond donors (Lipinski definition) is 0. The lowest BCUT2D eigenvalue weighted by atomic mass is 9.84. The molecule has 2 aliphatic heterocycles. The highest BCUT2D eigenvalue weighted by atomic mass is 16.1. The fraction of sp³-hybridized carbons (Fsp3) is 0.520. The van der Waals surface area contributed by atoms with Crippen LogP contribution in [0.2, 0.25) is 0 Å². The first-order valence-electron chi connectivity index (χ1n) is 11.7. The Labute approximate surface area is 183 Å². The predicted octanol–water partition coefficient (Wildman–Crippen LogP) is 4.43. The smallest absolute Gasteiger partial charge is 0.173 e. The van der Waals surface area contributed by atoms with E-state index >= 15 is 0 Å². The Kier molecular flexibility index (Phi) is 4.64. The minimum absolute atomic E-state index is 0.179. The van der Waals surface area contributed by atoms with E-state index in [0.717, 1.165) is 62.0 Å². The van der Waals surface area contributed by atoms with Gasteiger partial charge in [0.1, 0.15) is 0 Å². The van der Waals surface area contributed by atoms with E-state index in [1.165, 1.54) is 24.1 Å². The molecule has 0 bridgehead atoms. The third-order valence-corrected chi connectivity index (χ3v) is 7.38. The number of carbonyl (C=O) groups excluding carboxylic acids is 1. The first-order chi connectivity index (χ1) is 15.2. The highest BCUT2D eigenvalue weighted by Crippen LogP contribution is 2.46. The summed E-state index contributed by atoms with van der Waals surface area (Å²) in [6.45, 7) is 4.99. The van der Waals surface area contributed by atoms with Gasteiger partial charge in [-0.25, -0.2) is 9.67 Å². The molecule has 1 saturated carbocycles. The van der Waals surface area contributed by atoms with Crippen molar-refractivity contribution in [1.29, 1.82) is 0 Å². The van der Waals surface area contributed by atoms with Crippen molar-refractivity contribution in [2.45, 2.75) is 52.0 Å². The van der Waals surface area contributed by atoms with E-state index in [0.29, 0.717) is 23.8 Å². The number of likely N-dealkylation sites (tertiary alicyclic amines) is 1. The molecule has 31 heavy (non-hydrogen) atoms. The highest BCUT2D eigenvalue weighted by molar-refractivity contribution is 6.16. The summed E-state index contributed by atoms with van der Waals surface area (Å²) in [7, 11) is 0. The van der Waals surface area contributed by atoms with Gasteiger partial charge in [0.15, 0.2) is 11.6 Å². The summed E-state index contributed by atoms with van der Waals surface area (Å²) in [6.07, 6.45) is 12.2. The van der Waals surface area contributed by atoms with Crippen molar-refractivity contribution in [3.63, 3.8) is 0 Å². The maximum atomic E-state index is 13.0. The summed E-state index contributed by atoms with van der Waals surface area (Å²) in [5.41, 5.74) is 5.28. The summed E-state index contributed by atoms with van der Waals surface area (Å²) in [5.74, 6) is 2.69. The molecule has 0 radical (unpaired) electrons. The van der Waals surface area contributed by atoms with Crippen LogP contribution in [0.25, 0.3) is 5.70 Å². The van der Waals surface area contributed by atoms with Crippen molar-refractivity contribution in [1.82, 2.24) is 19.7 Å². The number of ketones is 1. The lowest BCUT2D eigenvalue weighted by Crippen LogP contribution is -2.28. The number of aromatic nitrogens is 3. The van der Waals surface area contributed by atoms with Gasteiger partial charge in [0.2, 0.25) is 0 Å². The maximum Gasteiger partial charge on any atom is 0.173 e. The van der Waals surface area contributed by atoms with E-state index in [9.17, 15) is 4.79 Å². The molecule has 2 aliphatic carbocycles. The van der Waals surface area contributed by atoms with Crippen LogP contribution in [0.5, 0.6) is 0 Å². The Morgan fingerprint density at radius 1 is 1.16 bits per heavy atom. The summed E-state index contributed by atoms with van der Waals surface area (Å²) < 4.78 is 1.93. The molecule has 160 valence electrons. The number of carbonyl (C=O) groups is 1. The van der Waals surface area contributed by atoms with Gasteiger partial charge in [-0.2, -0.15) is 5.10 Å². The van der Waals surface area contributed by atoms with E-state index in [2.05, 4.69) is 40.1 Å². The lowest BCUT2D eigenvalue weighted by Gasteiger charge is -2.23. The Morgan fingerprint density at radius 2 is 2.06 bits per heavy atom. The van der Waals surface area contributed by atoms with Crippen molar-refractivity contribution in [2.24, 2.45) is 22.7 Å². The van der Waals surface area contributed by atoms with Gasteiger partial charge >= 0.3 is 0 Å². The van der Waals surface area contributed by atoms with Gasteiger partial charge in [-0.15, -0.1) is 0 Å².